The van der Waals surface area contributed by atoms with Crippen LogP contribution in [0.15, 0.2) is 0 Å². The van der Waals surface area contributed by atoms with Gasteiger partial charge in [0, 0.05) is 0 Å². The van der Waals surface area contributed by atoms with Gasteiger partial charge >= 0.3 is 0 Å². The molecular weight excluding hydrogens is 252 g/mol. The average Bonchev–Trinajstić information content (AvgIpc) is 2.39. The Hall–Kier alpha value is 0. The largest absolute Gasteiger partial charge is 0.0527 e. The SMILES string of the molecule is C1CC2CCC(CC2)C(C23CCCC(CCC2)CCC3)C1. The van der Waals surface area contributed by atoms with Crippen LogP contribution in [0, 0.1) is 29.1 Å². The van der Waals surface area contributed by atoms with Gasteiger partial charge in [-0.3, -0.25) is 0 Å². The van der Waals surface area contributed by atoms with Crippen LogP contribution in [0.3, 0.4) is 0 Å². The normalized spacial score (nSPS) is 48.0. The van der Waals surface area contributed by atoms with E-state index in [1.54, 1.807) is 103 Å². The first-order valence-corrected chi connectivity index (χ1v) is 10.4. The maximum absolute atomic E-state index is 1.61. The van der Waals surface area contributed by atoms with E-state index in [0.717, 1.165) is 29.1 Å². The second kappa shape index (κ2) is 6.25. The van der Waals surface area contributed by atoms with E-state index in [0.29, 0.717) is 0 Å². The standard InChI is InChI=1S/C21H36/c1-5-18-10-12-19(13-11-18)20(9-1)21-14-2-6-17(7-3-15-21)8-4-16-21/h17-20H,1-16H2. The van der Waals surface area contributed by atoms with Crippen molar-refractivity contribution in [3.05, 3.63) is 0 Å². The maximum Gasteiger partial charge on any atom is -0.0267 e. The minimum absolute atomic E-state index is 0.792. The minimum Gasteiger partial charge on any atom is -0.0527 e. The molecule has 6 aliphatic rings. The molecule has 0 saturated heterocycles. The smallest absolute Gasteiger partial charge is 0.0267 e. The lowest BCUT2D eigenvalue weighted by atomic mass is 9.54. The van der Waals surface area contributed by atoms with E-state index in [9.17, 15) is 0 Å². The number of hydrogen-bond donors (Lipinski definition) is 0. The van der Waals surface area contributed by atoms with E-state index in [4.69, 9.17) is 0 Å². The number of fused-ring (bicyclic) bond motifs is 11. The molecule has 6 fully saturated rings. The fourth-order valence-electron chi connectivity index (χ4n) is 7.14. The number of hydrogen-bond acceptors (Lipinski definition) is 0. The molecule has 0 amide bonds. The molecule has 6 aliphatic carbocycles. The Balaban J connectivity index is 1.57. The van der Waals surface area contributed by atoms with Crippen LogP contribution < -0.4 is 0 Å². The highest BCUT2D eigenvalue weighted by molar-refractivity contribution is 4.95. The molecule has 0 aliphatic heterocycles. The van der Waals surface area contributed by atoms with Crippen molar-refractivity contribution >= 4 is 0 Å². The van der Waals surface area contributed by atoms with E-state index in [2.05, 4.69) is 0 Å². The van der Waals surface area contributed by atoms with Crippen molar-refractivity contribution < 1.29 is 0 Å². The zero-order valence-electron chi connectivity index (χ0n) is 14.1. The summed E-state index contributed by atoms with van der Waals surface area (Å²) in [5.41, 5.74) is 0.792. The van der Waals surface area contributed by atoms with Crippen molar-refractivity contribution in [1.82, 2.24) is 0 Å². The Morgan fingerprint density at radius 2 is 1.00 bits per heavy atom. The first kappa shape index (κ1) is 14.6. The molecule has 21 heavy (non-hydrogen) atoms. The van der Waals surface area contributed by atoms with Crippen molar-refractivity contribution in [3.8, 4) is 0 Å². The molecule has 4 bridgehead atoms. The quantitative estimate of drug-likeness (QED) is 0.501. The fourth-order valence-corrected chi connectivity index (χ4v) is 7.14. The zero-order chi connectivity index (χ0) is 14.1. The van der Waals surface area contributed by atoms with Gasteiger partial charge in [0.05, 0.1) is 0 Å². The van der Waals surface area contributed by atoms with Gasteiger partial charge in [-0.25, -0.2) is 0 Å². The Morgan fingerprint density at radius 1 is 0.476 bits per heavy atom. The Kier molecular flexibility index (Phi) is 4.34. The monoisotopic (exact) mass is 288 g/mol. The lowest BCUT2D eigenvalue weighted by Gasteiger charge is -2.51. The van der Waals surface area contributed by atoms with Crippen molar-refractivity contribution in [2.45, 2.75) is 103 Å². The molecule has 0 radical (unpaired) electrons. The van der Waals surface area contributed by atoms with Crippen LogP contribution >= 0.6 is 0 Å². The van der Waals surface area contributed by atoms with Gasteiger partial charge in [0.2, 0.25) is 0 Å². The molecule has 1 atom stereocenters. The van der Waals surface area contributed by atoms with Gasteiger partial charge in [0.25, 0.3) is 0 Å². The van der Waals surface area contributed by atoms with Gasteiger partial charge in [-0.05, 0) is 67.6 Å². The predicted octanol–water partition coefficient (Wildman–Crippen LogP) is 6.73. The third-order valence-corrected chi connectivity index (χ3v) is 8.24. The summed E-state index contributed by atoms with van der Waals surface area (Å²) in [6, 6.07) is 0. The summed E-state index contributed by atoms with van der Waals surface area (Å²) < 4.78 is 0. The van der Waals surface area contributed by atoms with Crippen molar-refractivity contribution in [2.24, 2.45) is 29.1 Å². The summed E-state index contributed by atoms with van der Waals surface area (Å²) >= 11 is 0. The average molecular weight is 289 g/mol. The summed E-state index contributed by atoms with van der Waals surface area (Å²) in [5, 5.41) is 0. The Labute approximate surface area is 132 Å². The Morgan fingerprint density at radius 3 is 1.62 bits per heavy atom. The summed E-state index contributed by atoms with van der Waals surface area (Å²) in [4.78, 5) is 0. The highest BCUT2D eigenvalue weighted by atomic mass is 14.5. The fraction of sp³-hybridized carbons (Fsp3) is 1.00. The third-order valence-electron chi connectivity index (χ3n) is 8.24. The first-order chi connectivity index (χ1) is 10.4. The van der Waals surface area contributed by atoms with Crippen molar-refractivity contribution in [1.29, 1.82) is 0 Å². The molecule has 0 heterocycles. The van der Waals surface area contributed by atoms with Crippen LogP contribution in [0.4, 0.5) is 0 Å². The van der Waals surface area contributed by atoms with E-state index >= 15 is 0 Å². The zero-order valence-corrected chi connectivity index (χ0v) is 14.1. The van der Waals surface area contributed by atoms with Crippen molar-refractivity contribution in [3.63, 3.8) is 0 Å². The van der Waals surface area contributed by atoms with Crippen LogP contribution in [0.2, 0.25) is 0 Å². The van der Waals surface area contributed by atoms with E-state index < -0.39 is 0 Å². The molecule has 0 nitrogen and oxygen atoms in total. The molecule has 0 N–H and O–H groups in total. The van der Waals surface area contributed by atoms with E-state index in [1.165, 1.54) is 0 Å². The van der Waals surface area contributed by atoms with E-state index in [-0.39, 0.29) is 0 Å². The molecule has 0 aromatic rings. The first-order valence-electron chi connectivity index (χ1n) is 10.4. The lowest BCUT2D eigenvalue weighted by molar-refractivity contribution is -0.00205. The lowest BCUT2D eigenvalue weighted by Crippen LogP contribution is -2.40. The molecule has 0 aromatic heterocycles. The summed E-state index contributed by atoms with van der Waals surface area (Å²) in [5.74, 6) is 4.47. The molecule has 6 rings (SSSR count). The van der Waals surface area contributed by atoms with Gasteiger partial charge in [-0.15, -0.1) is 0 Å². The highest BCUT2D eigenvalue weighted by Gasteiger charge is 2.44. The molecule has 0 spiro atoms. The molecular formula is C21H36. The topological polar surface area (TPSA) is 0 Å². The summed E-state index contributed by atoms with van der Waals surface area (Å²) in [7, 11) is 0. The molecule has 0 heteroatoms. The minimum atomic E-state index is 0.792. The van der Waals surface area contributed by atoms with Crippen LogP contribution in [0.1, 0.15) is 103 Å². The van der Waals surface area contributed by atoms with E-state index in [1.807, 2.05) is 0 Å². The van der Waals surface area contributed by atoms with Crippen LogP contribution in [0.25, 0.3) is 0 Å². The molecule has 0 aromatic carbocycles. The van der Waals surface area contributed by atoms with Gasteiger partial charge in [0.1, 0.15) is 0 Å². The van der Waals surface area contributed by atoms with Gasteiger partial charge in [0.15, 0.2) is 0 Å². The summed E-state index contributed by atoms with van der Waals surface area (Å²) in [6.07, 6.45) is 25.3. The third kappa shape index (κ3) is 2.93. The predicted molar refractivity (Wildman–Crippen MR) is 90.3 cm³/mol. The van der Waals surface area contributed by atoms with Crippen LogP contribution in [0.5, 0.6) is 0 Å². The van der Waals surface area contributed by atoms with Crippen LogP contribution in [-0.2, 0) is 0 Å². The van der Waals surface area contributed by atoms with Gasteiger partial charge < -0.3 is 0 Å². The molecule has 120 valence electrons. The molecule has 1 unspecified atom stereocenters. The van der Waals surface area contributed by atoms with Gasteiger partial charge in [-0.1, -0.05) is 64.2 Å². The highest BCUT2D eigenvalue weighted by Crippen LogP contribution is 2.56. The van der Waals surface area contributed by atoms with Crippen molar-refractivity contribution in [2.75, 3.05) is 0 Å². The van der Waals surface area contributed by atoms with Crippen LogP contribution in [-0.4, -0.2) is 0 Å². The molecule has 6 saturated carbocycles. The maximum atomic E-state index is 1.61. The second-order valence-corrected chi connectivity index (χ2v) is 9.22. The number of rotatable bonds is 1. The summed E-state index contributed by atoms with van der Waals surface area (Å²) in [6.45, 7) is 0. The van der Waals surface area contributed by atoms with Gasteiger partial charge in [-0.2, -0.15) is 0 Å². The second-order valence-electron chi connectivity index (χ2n) is 9.22. The Bertz CT molecular complexity index is 307.